The molecule has 68 valence electrons. The zero-order valence-electron chi connectivity index (χ0n) is 7.36. The van der Waals surface area contributed by atoms with Gasteiger partial charge >= 0.3 is 0 Å². The minimum Gasteiger partial charge on any atom is -0.507 e. The van der Waals surface area contributed by atoms with Gasteiger partial charge in [0.25, 0.3) is 0 Å². The summed E-state index contributed by atoms with van der Waals surface area (Å²) in [6, 6.07) is 6.76. The van der Waals surface area contributed by atoms with E-state index in [-0.39, 0.29) is 17.5 Å². The fourth-order valence-electron chi connectivity index (χ4n) is 1.57. The Labute approximate surface area is 77.2 Å². The molecule has 13 heavy (non-hydrogen) atoms. The first-order valence-corrected chi connectivity index (χ1v) is 4.61. The first-order valence-electron chi connectivity index (χ1n) is 4.61. The maximum Gasteiger partial charge on any atom is 0.169 e. The summed E-state index contributed by atoms with van der Waals surface area (Å²) in [7, 11) is 0. The maximum absolute atomic E-state index is 11.7. The number of ketones is 1. The Hall–Kier alpha value is -1.31. The molecule has 0 amide bonds. The molecule has 2 nitrogen and oxygen atoms in total. The highest BCUT2D eigenvalue weighted by atomic mass is 16.3. The van der Waals surface area contributed by atoms with E-state index in [9.17, 15) is 9.90 Å². The summed E-state index contributed by atoms with van der Waals surface area (Å²) in [6.45, 7) is 0. The lowest BCUT2D eigenvalue weighted by molar-refractivity contribution is 0.0852. The fourth-order valence-corrected chi connectivity index (χ4v) is 1.57. The van der Waals surface area contributed by atoms with E-state index in [0.29, 0.717) is 5.56 Å². The van der Waals surface area contributed by atoms with Gasteiger partial charge in [-0.2, -0.15) is 0 Å². The molecule has 2 heteroatoms. The fraction of sp³-hybridized carbons (Fsp3) is 0.364. The Morgan fingerprint density at radius 2 is 2.00 bits per heavy atom. The smallest absolute Gasteiger partial charge is 0.169 e. The van der Waals surface area contributed by atoms with E-state index in [2.05, 4.69) is 0 Å². The summed E-state index contributed by atoms with van der Waals surface area (Å²) < 4.78 is 0. The first-order chi connectivity index (χ1) is 6.29. The molecule has 0 aliphatic heterocycles. The number of carbonyl (C=O) groups is 1. The Morgan fingerprint density at radius 3 is 2.54 bits per heavy atom. The number of phenols is 1. The van der Waals surface area contributed by atoms with Crippen molar-refractivity contribution in [2.24, 2.45) is 5.92 Å². The summed E-state index contributed by atoms with van der Waals surface area (Å²) in [5.41, 5.74) is 0.479. The SMILES string of the molecule is O=C(c1ccccc1O)C1CCC1. The van der Waals surface area contributed by atoms with Crippen LogP contribution in [-0.2, 0) is 0 Å². The predicted molar refractivity (Wildman–Crippen MR) is 49.8 cm³/mol. The van der Waals surface area contributed by atoms with Crippen molar-refractivity contribution in [2.45, 2.75) is 19.3 Å². The van der Waals surface area contributed by atoms with Crippen molar-refractivity contribution in [3.63, 3.8) is 0 Å². The Kier molecular flexibility index (Phi) is 2.05. The third-order valence-corrected chi connectivity index (χ3v) is 2.65. The van der Waals surface area contributed by atoms with E-state index in [1.54, 1.807) is 24.3 Å². The van der Waals surface area contributed by atoms with Gasteiger partial charge in [-0.25, -0.2) is 0 Å². The highest BCUT2D eigenvalue weighted by Gasteiger charge is 2.27. The summed E-state index contributed by atoms with van der Waals surface area (Å²) >= 11 is 0. The zero-order chi connectivity index (χ0) is 9.26. The predicted octanol–water partition coefficient (Wildman–Crippen LogP) is 2.38. The van der Waals surface area contributed by atoms with Gasteiger partial charge in [-0.15, -0.1) is 0 Å². The van der Waals surface area contributed by atoms with E-state index in [4.69, 9.17) is 0 Å². The van der Waals surface area contributed by atoms with Crippen molar-refractivity contribution in [1.29, 1.82) is 0 Å². The molecule has 1 aliphatic carbocycles. The summed E-state index contributed by atoms with van der Waals surface area (Å²) in [5.74, 6) is 0.372. The van der Waals surface area contributed by atoms with Crippen molar-refractivity contribution in [2.75, 3.05) is 0 Å². The molecule has 0 aromatic heterocycles. The van der Waals surface area contributed by atoms with Gasteiger partial charge in [0.1, 0.15) is 5.75 Å². The third-order valence-electron chi connectivity index (χ3n) is 2.65. The lowest BCUT2D eigenvalue weighted by Gasteiger charge is -2.23. The number of rotatable bonds is 2. The molecular weight excluding hydrogens is 164 g/mol. The van der Waals surface area contributed by atoms with Crippen LogP contribution in [0.5, 0.6) is 5.75 Å². The quantitative estimate of drug-likeness (QED) is 0.702. The average Bonchev–Trinajstić information content (AvgIpc) is 2.01. The standard InChI is InChI=1S/C11H12O2/c12-10-7-2-1-6-9(10)11(13)8-4-3-5-8/h1-2,6-8,12H,3-5H2. The van der Waals surface area contributed by atoms with Crippen LogP contribution < -0.4 is 0 Å². The zero-order valence-corrected chi connectivity index (χ0v) is 7.36. The van der Waals surface area contributed by atoms with Gasteiger partial charge in [-0.3, -0.25) is 4.79 Å². The Morgan fingerprint density at radius 1 is 1.31 bits per heavy atom. The monoisotopic (exact) mass is 176 g/mol. The van der Waals surface area contributed by atoms with E-state index in [1.807, 2.05) is 0 Å². The van der Waals surface area contributed by atoms with Crippen molar-refractivity contribution >= 4 is 5.78 Å². The second-order valence-corrected chi connectivity index (χ2v) is 3.51. The number of aromatic hydroxyl groups is 1. The number of benzene rings is 1. The first kappa shape index (κ1) is 8.30. The maximum atomic E-state index is 11.7. The average molecular weight is 176 g/mol. The van der Waals surface area contributed by atoms with Crippen LogP contribution in [-0.4, -0.2) is 10.9 Å². The van der Waals surface area contributed by atoms with Gasteiger partial charge < -0.3 is 5.11 Å². The second-order valence-electron chi connectivity index (χ2n) is 3.51. The molecular formula is C11H12O2. The van der Waals surface area contributed by atoms with Gasteiger partial charge in [-0.05, 0) is 25.0 Å². The van der Waals surface area contributed by atoms with Gasteiger partial charge in [0.15, 0.2) is 5.78 Å². The number of phenolic OH excluding ortho intramolecular Hbond substituents is 1. The van der Waals surface area contributed by atoms with Crippen molar-refractivity contribution < 1.29 is 9.90 Å². The molecule has 0 unspecified atom stereocenters. The summed E-state index contributed by atoms with van der Waals surface area (Å²) in [5, 5.41) is 9.43. The largest absolute Gasteiger partial charge is 0.507 e. The highest BCUT2D eigenvalue weighted by molar-refractivity contribution is 6.00. The number of Topliss-reactive ketones (excluding diaryl/α,β-unsaturated/α-hetero) is 1. The highest BCUT2D eigenvalue weighted by Crippen LogP contribution is 2.32. The van der Waals surface area contributed by atoms with Crippen LogP contribution in [0.1, 0.15) is 29.6 Å². The summed E-state index contributed by atoms with van der Waals surface area (Å²) in [4.78, 5) is 11.7. The third kappa shape index (κ3) is 1.44. The molecule has 0 heterocycles. The minimum atomic E-state index is 0.101. The molecule has 0 saturated heterocycles. The van der Waals surface area contributed by atoms with Gasteiger partial charge in [-0.1, -0.05) is 18.6 Å². The van der Waals surface area contributed by atoms with E-state index >= 15 is 0 Å². The van der Waals surface area contributed by atoms with Crippen molar-refractivity contribution in [3.05, 3.63) is 29.8 Å². The van der Waals surface area contributed by atoms with Crippen LogP contribution >= 0.6 is 0 Å². The second kappa shape index (κ2) is 3.21. The molecule has 1 saturated carbocycles. The van der Waals surface area contributed by atoms with Crippen LogP contribution in [0, 0.1) is 5.92 Å². The van der Waals surface area contributed by atoms with Gasteiger partial charge in [0.05, 0.1) is 5.56 Å². The molecule has 0 bridgehead atoms. The molecule has 0 atom stereocenters. The Balaban J connectivity index is 2.24. The summed E-state index contributed by atoms with van der Waals surface area (Å²) in [6.07, 6.45) is 3.10. The lowest BCUT2D eigenvalue weighted by Crippen LogP contribution is -2.21. The van der Waals surface area contributed by atoms with Crippen molar-refractivity contribution in [3.8, 4) is 5.75 Å². The number of para-hydroxylation sites is 1. The molecule has 0 radical (unpaired) electrons. The molecule has 1 aromatic rings. The number of hydrogen-bond donors (Lipinski definition) is 1. The lowest BCUT2D eigenvalue weighted by atomic mass is 9.80. The van der Waals surface area contributed by atoms with Crippen LogP contribution in [0.15, 0.2) is 24.3 Å². The number of carbonyl (C=O) groups excluding carboxylic acids is 1. The molecule has 1 aliphatic rings. The molecule has 1 fully saturated rings. The molecule has 1 N–H and O–H groups in total. The van der Waals surface area contributed by atoms with Crippen LogP contribution in [0.3, 0.4) is 0 Å². The van der Waals surface area contributed by atoms with Gasteiger partial charge in [0.2, 0.25) is 0 Å². The van der Waals surface area contributed by atoms with Crippen LogP contribution in [0.25, 0.3) is 0 Å². The van der Waals surface area contributed by atoms with Gasteiger partial charge in [0, 0.05) is 5.92 Å². The molecule has 2 rings (SSSR count). The molecule has 0 spiro atoms. The van der Waals surface area contributed by atoms with Crippen LogP contribution in [0.2, 0.25) is 0 Å². The van der Waals surface area contributed by atoms with E-state index in [0.717, 1.165) is 19.3 Å². The van der Waals surface area contributed by atoms with Crippen molar-refractivity contribution in [1.82, 2.24) is 0 Å². The minimum absolute atomic E-state index is 0.101. The normalized spacial score (nSPS) is 16.6. The Bertz CT molecular complexity index is 327. The topological polar surface area (TPSA) is 37.3 Å². The van der Waals surface area contributed by atoms with Crippen LogP contribution in [0.4, 0.5) is 0 Å². The van der Waals surface area contributed by atoms with E-state index < -0.39 is 0 Å². The number of hydrogen-bond acceptors (Lipinski definition) is 2. The van der Waals surface area contributed by atoms with E-state index in [1.165, 1.54) is 0 Å². The molecule has 1 aromatic carbocycles.